The molecule has 0 radical (unpaired) electrons. The van der Waals surface area contributed by atoms with Crippen LogP contribution in [0.3, 0.4) is 0 Å². The molecule has 1 aromatic rings. The Kier molecular flexibility index (Phi) is 4.60. The van der Waals surface area contributed by atoms with Crippen molar-refractivity contribution in [1.82, 2.24) is 9.62 Å². The summed E-state index contributed by atoms with van der Waals surface area (Å²) in [5, 5.41) is 11.8. The lowest BCUT2D eigenvalue weighted by atomic mass is 9.87. The molecule has 0 saturated carbocycles. The molecule has 1 aromatic carbocycles. The number of hydrogen-bond acceptors (Lipinski definition) is 4. The van der Waals surface area contributed by atoms with Crippen molar-refractivity contribution in [2.45, 2.75) is 37.1 Å². The SMILES string of the molecule is CC(C)(C)c1ccc(S(=O)(=O)N2CCN[C@@H](C(=O)O)C2)cc1. The smallest absolute Gasteiger partial charge is 0.322 e. The highest BCUT2D eigenvalue weighted by Crippen LogP contribution is 2.25. The van der Waals surface area contributed by atoms with E-state index in [0.717, 1.165) is 5.56 Å². The van der Waals surface area contributed by atoms with E-state index >= 15 is 0 Å². The van der Waals surface area contributed by atoms with Gasteiger partial charge in [0.1, 0.15) is 6.04 Å². The van der Waals surface area contributed by atoms with Gasteiger partial charge in [-0.15, -0.1) is 0 Å². The van der Waals surface area contributed by atoms with Crippen molar-refractivity contribution in [2.24, 2.45) is 0 Å². The van der Waals surface area contributed by atoms with Crippen LogP contribution in [-0.4, -0.2) is 49.5 Å². The van der Waals surface area contributed by atoms with E-state index in [1.54, 1.807) is 12.1 Å². The summed E-state index contributed by atoms with van der Waals surface area (Å²) in [5.41, 5.74) is 1.00. The molecule has 1 aliphatic heterocycles. The molecule has 0 aromatic heterocycles. The van der Waals surface area contributed by atoms with Crippen LogP contribution in [0.2, 0.25) is 0 Å². The Morgan fingerprint density at radius 1 is 1.27 bits per heavy atom. The second-order valence-corrected chi connectivity index (χ2v) is 8.42. The number of benzene rings is 1. The van der Waals surface area contributed by atoms with Crippen LogP contribution >= 0.6 is 0 Å². The van der Waals surface area contributed by atoms with E-state index in [4.69, 9.17) is 5.11 Å². The van der Waals surface area contributed by atoms with Gasteiger partial charge in [-0.1, -0.05) is 32.9 Å². The van der Waals surface area contributed by atoms with Crippen LogP contribution in [-0.2, 0) is 20.2 Å². The van der Waals surface area contributed by atoms with Gasteiger partial charge in [-0.05, 0) is 23.1 Å². The highest BCUT2D eigenvalue weighted by atomic mass is 32.2. The van der Waals surface area contributed by atoms with Crippen molar-refractivity contribution in [3.05, 3.63) is 29.8 Å². The third-order valence-electron chi connectivity index (χ3n) is 3.79. The lowest BCUT2D eigenvalue weighted by Crippen LogP contribution is -2.55. The summed E-state index contributed by atoms with van der Waals surface area (Å²) in [6, 6.07) is 5.94. The summed E-state index contributed by atoms with van der Waals surface area (Å²) in [6.45, 7) is 6.72. The van der Waals surface area contributed by atoms with Crippen molar-refractivity contribution in [3.8, 4) is 0 Å². The molecular weight excluding hydrogens is 304 g/mol. The van der Waals surface area contributed by atoms with E-state index in [1.807, 2.05) is 12.1 Å². The summed E-state index contributed by atoms with van der Waals surface area (Å²) in [5.74, 6) is -1.04. The Hall–Kier alpha value is -1.44. The van der Waals surface area contributed by atoms with E-state index in [9.17, 15) is 13.2 Å². The molecule has 6 nitrogen and oxygen atoms in total. The molecule has 1 heterocycles. The van der Waals surface area contributed by atoms with Crippen molar-refractivity contribution < 1.29 is 18.3 Å². The van der Waals surface area contributed by atoms with Crippen LogP contribution in [0, 0.1) is 0 Å². The van der Waals surface area contributed by atoms with Crippen LogP contribution in [0.5, 0.6) is 0 Å². The highest BCUT2D eigenvalue weighted by Gasteiger charge is 2.33. The minimum absolute atomic E-state index is 0.0499. The Morgan fingerprint density at radius 2 is 1.86 bits per heavy atom. The number of rotatable bonds is 3. The Morgan fingerprint density at radius 3 is 2.36 bits per heavy atom. The largest absolute Gasteiger partial charge is 0.480 e. The molecule has 0 spiro atoms. The molecule has 0 bridgehead atoms. The molecule has 2 rings (SSSR count). The topological polar surface area (TPSA) is 86.7 Å². The number of carbonyl (C=O) groups is 1. The number of nitrogens with zero attached hydrogens (tertiary/aromatic N) is 1. The van der Waals surface area contributed by atoms with Gasteiger partial charge < -0.3 is 10.4 Å². The first-order chi connectivity index (χ1) is 10.1. The van der Waals surface area contributed by atoms with E-state index in [1.165, 1.54) is 4.31 Å². The molecule has 22 heavy (non-hydrogen) atoms. The quantitative estimate of drug-likeness (QED) is 0.866. The summed E-state index contributed by atoms with van der Waals surface area (Å²) >= 11 is 0. The van der Waals surface area contributed by atoms with Crippen LogP contribution in [0.25, 0.3) is 0 Å². The fourth-order valence-electron chi connectivity index (χ4n) is 2.38. The minimum Gasteiger partial charge on any atom is -0.480 e. The molecule has 0 aliphatic carbocycles. The molecule has 1 fully saturated rings. The summed E-state index contributed by atoms with van der Waals surface area (Å²) < 4.78 is 26.5. The van der Waals surface area contributed by atoms with Crippen LogP contribution < -0.4 is 5.32 Å². The Balaban J connectivity index is 2.25. The van der Waals surface area contributed by atoms with Crippen molar-refractivity contribution >= 4 is 16.0 Å². The fourth-order valence-corrected chi connectivity index (χ4v) is 3.84. The maximum atomic E-state index is 12.6. The van der Waals surface area contributed by atoms with Gasteiger partial charge in [0.15, 0.2) is 0 Å². The van der Waals surface area contributed by atoms with Gasteiger partial charge in [0.25, 0.3) is 0 Å². The van der Waals surface area contributed by atoms with Crippen LogP contribution in [0.1, 0.15) is 26.3 Å². The standard InChI is InChI=1S/C15H22N2O4S/c1-15(2,3)11-4-6-12(7-5-11)22(20,21)17-9-8-16-13(10-17)14(18)19/h4-7,13,16H,8-10H2,1-3H3,(H,18,19)/t13-/m1/s1. The molecule has 122 valence electrons. The predicted molar refractivity (Wildman–Crippen MR) is 83.3 cm³/mol. The molecule has 0 unspecified atom stereocenters. The monoisotopic (exact) mass is 326 g/mol. The van der Waals surface area contributed by atoms with Gasteiger partial charge in [0.05, 0.1) is 4.90 Å². The number of aliphatic carboxylic acids is 1. The zero-order valence-corrected chi connectivity index (χ0v) is 13.9. The lowest BCUT2D eigenvalue weighted by molar-refractivity contribution is -0.140. The summed E-state index contributed by atoms with van der Waals surface area (Å²) in [6.07, 6.45) is 0. The number of hydrogen-bond donors (Lipinski definition) is 2. The molecule has 7 heteroatoms. The van der Waals surface area contributed by atoms with Gasteiger partial charge in [-0.3, -0.25) is 4.79 Å². The molecular formula is C15H22N2O4S. The lowest BCUT2D eigenvalue weighted by Gasteiger charge is -2.30. The number of carboxylic acid groups (broad SMARTS) is 1. The normalized spacial score (nSPS) is 20.8. The molecule has 2 N–H and O–H groups in total. The first-order valence-corrected chi connectivity index (χ1v) is 8.63. The summed E-state index contributed by atoms with van der Waals surface area (Å²) in [7, 11) is -3.66. The molecule has 1 aliphatic rings. The van der Waals surface area contributed by atoms with Gasteiger partial charge in [-0.25, -0.2) is 8.42 Å². The maximum absolute atomic E-state index is 12.6. The maximum Gasteiger partial charge on any atom is 0.322 e. The highest BCUT2D eigenvalue weighted by molar-refractivity contribution is 7.89. The van der Waals surface area contributed by atoms with Crippen molar-refractivity contribution in [1.29, 1.82) is 0 Å². The Labute approximate surface area is 131 Å². The Bertz CT molecular complexity index is 647. The number of nitrogens with one attached hydrogen (secondary N) is 1. The minimum atomic E-state index is -3.66. The van der Waals surface area contributed by atoms with Crippen molar-refractivity contribution in [3.63, 3.8) is 0 Å². The van der Waals surface area contributed by atoms with Gasteiger partial charge in [-0.2, -0.15) is 4.31 Å². The number of piperazine rings is 1. The van der Waals surface area contributed by atoms with Gasteiger partial charge >= 0.3 is 5.97 Å². The average Bonchev–Trinajstić information content (AvgIpc) is 2.46. The first-order valence-electron chi connectivity index (χ1n) is 7.19. The van der Waals surface area contributed by atoms with Gasteiger partial charge in [0.2, 0.25) is 10.0 Å². The predicted octanol–water partition coefficient (Wildman–Crippen LogP) is 1.03. The molecule has 1 saturated heterocycles. The third-order valence-corrected chi connectivity index (χ3v) is 5.67. The molecule has 1 atom stereocenters. The second kappa shape index (κ2) is 5.98. The van der Waals surface area contributed by atoms with E-state index < -0.39 is 22.0 Å². The number of sulfonamides is 1. The summed E-state index contributed by atoms with van der Waals surface area (Å²) in [4.78, 5) is 11.2. The number of carboxylic acids is 1. The fraction of sp³-hybridized carbons (Fsp3) is 0.533. The van der Waals surface area contributed by atoms with Crippen LogP contribution in [0.4, 0.5) is 0 Å². The molecule has 0 amide bonds. The zero-order valence-electron chi connectivity index (χ0n) is 13.0. The van der Waals surface area contributed by atoms with E-state index in [-0.39, 0.29) is 23.4 Å². The van der Waals surface area contributed by atoms with E-state index in [0.29, 0.717) is 6.54 Å². The first kappa shape index (κ1) is 16.9. The zero-order chi connectivity index (χ0) is 16.5. The van der Waals surface area contributed by atoms with Gasteiger partial charge in [0, 0.05) is 19.6 Å². The second-order valence-electron chi connectivity index (χ2n) is 6.48. The van der Waals surface area contributed by atoms with Crippen LogP contribution in [0.15, 0.2) is 29.2 Å². The van der Waals surface area contributed by atoms with Crippen molar-refractivity contribution in [2.75, 3.05) is 19.6 Å². The third kappa shape index (κ3) is 3.48. The van der Waals surface area contributed by atoms with E-state index in [2.05, 4.69) is 26.1 Å². The average molecular weight is 326 g/mol.